The summed E-state index contributed by atoms with van der Waals surface area (Å²) in [5.74, 6) is -9.27. The van der Waals surface area contributed by atoms with Gasteiger partial charge in [0.25, 0.3) is 0 Å². The van der Waals surface area contributed by atoms with Crippen molar-refractivity contribution in [2.24, 2.45) is 28.6 Å². The lowest BCUT2D eigenvalue weighted by Crippen LogP contribution is -2.72. The van der Waals surface area contributed by atoms with Gasteiger partial charge in [0.05, 0.1) is 34.8 Å². The molecule has 272 valence electrons. The Morgan fingerprint density at radius 3 is 2.29 bits per heavy atom. The number of carboxylic acid groups (broad SMARTS) is 1. The third-order valence-electron chi connectivity index (χ3n) is 12.5. The highest BCUT2D eigenvalue weighted by molar-refractivity contribution is 6.30. The SMILES string of the molecule is CC1C(=CCO)C=CC2C1CCC1(O)C2(C)CCC(OC(=O)C(CCO)c2c(O)cc3c(c2O)C(=O)c2c(O)cc(O)cc2C3=O)C1(C)C(=O)O. The van der Waals surface area contributed by atoms with Crippen molar-refractivity contribution in [1.82, 2.24) is 0 Å². The summed E-state index contributed by atoms with van der Waals surface area (Å²) in [7, 11) is 0. The Hall–Kier alpha value is -4.72. The van der Waals surface area contributed by atoms with Crippen molar-refractivity contribution in [2.75, 3.05) is 13.2 Å². The number of phenolic OH excluding ortho intramolecular Hbond substituents is 4. The number of benzene rings is 2. The molecule has 51 heavy (non-hydrogen) atoms. The van der Waals surface area contributed by atoms with Gasteiger partial charge in [-0.25, -0.2) is 0 Å². The number of carbonyl (C=O) groups is 4. The van der Waals surface area contributed by atoms with E-state index in [1.54, 1.807) is 6.08 Å². The molecule has 6 rings (SSSR count). The second-order valence-corrected chi connectivity index (χ2v) is 14.7. The van der Waals surface area contributed by atoms with Gasteiger partial charge in [-0.05, 0) is 74.5 Å². The first-order chi connectivity index (χ1) is 24.0. The van der Waals surface area contributed by atoms with Gasteiger partial charge in [0.1, 0.15) is 34.5 Å². The van der Waals surface area contributed by atoms with Crippen LogP contribution in [0, 0.1) is 28.6 Å². The monoisotopic (exact) mass is 706 g/mol. The number of fused-ring (bicyclic) bond motifs is 5. The van der Waals surface area contributed by atoms with Crippen molar-refractivity contribution in [2.45, 2.75) is 70.5 Å². The van der Waals surface area contributed by atoms with Crippen molar-refractivity contribution in [3.8, 4) is 23.0 Å². The summed E-state index contributed by atoms with van der Waals surface area (Å²) in [6, 6.07) is 2.66. The lowest BCUT2D eigenvalue weighted by molar-refractivity contribution is -0.270. The average molecular weight is 707 g/mol. The lowest BCUT2D eigenvalue weighted by Gasteiger charge is -2.65. The van der Waals surface area contributed by atoms with E-state index in [0.717, 1.165) is 23.8 Å². The van der Waals surface area contributed by atoms with Crippen LogP contribution >= 0.6 is 0 Å². The zero-order valence-electron chi connectivity index (χ0n) is 28.4. The standard InChI is InChI=1S/C38H42O13/c1-17-18(8-12-39)4-5-24-20(17)6-11-38(50)36(24,2)10-7-27(37(38,3)35(48)49)51-34(47)21(9-13-40)28-26(43)16-23-30(32(28)45)33(46)29-22(31(23)44)14-19(41)15-25(29)42/h4-5,8,14-17,20-21,24,27,39-43,45,50H,6-7,9-13H2,1-3H3,(H,48,49). The van der Waals surface area contributed by atoms with Gasteiger partial charge in [0.15, 0.2) is 5.78 Å². The number of aliphatic hydroxyl groups is 3. The van der Waals surface area contributed by atoms with E-state index in [9.17, 15) is 60.0 Å². The molecule has 13 nitrogen and oxygen atoms in total. The van der Waals surface area contributed by atoms with Gasteiger partial charge < -0.3 is 45.6 Å². The maximum absolute atomic E-state index is 14.0. The second-order valence-electron chi connectivity index (χ2n) is 14.7. The molecule has 0 amide bonds. The maximum Gasteiger partial charge on any atom is 0.316 e. The fourth-order valence-electron chi connectivity index (χ4n) is 9.64. The Morgan fingerprint density at radius 1 is 0.961 bits per heavy atom. The Balaban J connectivity index is 1.37. The Bertz CT molecular complexity index is 1910. The third-order valence-corrected chi connectivity index (χ3v) is 12.5. The molecule has 0 heterocycles. The van der Waals surface area contributed by atoms with E-state index in [1.807, 2.05) is 26.0 Å². The number of allylic oxidation sites excluding steroid dienone is 3. The van der Waals surface area contributed by atoms with Gasteiger partial charge in [-0.1, -0.05) is 32.1 Å². The lowest BCUT2D eigenvalue weighted by atomic mass is 9.41. The fourth-order valence-corrected chi connectivity index (χ4v) is 9.64. The van der Waals surface area contributed by atoms with Crippen LogP contribution in [0.5, 0.6) is 23.0 Å². The van der Waals surface area contributed by atoms with E-state index in [4.69, 9.17) is 4.74 Å². The largest absolute Gasteiger partial charge is 0.508 e. The molecule has 0 bridgehead atoms. The van der Waals surface area contributed by atoms with Crippen LogP contribution in [0.3, 0.4) is 0 Å². The molecule has 0 aromatic heterocycles. The molecule has 0 spiro atoms. The highest BCUT2D eigenvalue weighted by atomic mass is 16.5. The third kappa shape index (κ3) is 5.00. The molecule has 0 aliphatic heterocycles. The summed E-state index contributed by atoms with van der Waals surface area (Å²) < 4.78 is 5.91. The summed E-state index contributed by atoms with van der Waals surface area (Å²) in [5.41, 5.74) is -6.40. The molecule has 13 heteroatoms. The van der Waals surface area contributed by atoms with Crippen LogP contribution in [-0.4, -0.2) is 89.3 Å². The van der Waals surface area contributed by atoms with E-state index >= 15 is 0 Å². The predicted molar refractivity (Wildman–Crippen MR) is 178 cm³/mol. The van der Waals surface area contributed by atoms with Crippen LogP contribution in [0.4, 0.5) is 0 Å². The Labute approximate surface area is 293 Å². The fraction of sp³-hybridized carbons (Fsp3) is 0.474. The van der Waals surface area contributed by atoms with Crippen LogP contribution in [0.1, 0.15) is 96.2 Å². The highest BCUT2D eigenvalue weighted by Crippen LogP contribution is 2.66. The number of aromatic hydroxyl groups is 4. The topological polar surface area (TPSA) is 239 Å². The van der Waals surface area contributed by atoms with Crippen LogP contribution < -0.4 is 0 Å². The first kappa shape index (κ1) is 36.1. The second kappa shape index (κ2) is 12.5. The van der Waals surface area contributed by atoms with Gasteiger partial charge in [-0.2, -0.15) is 0 Å². The van der Waals surface area contributed by atoms with Gasteiger partial charge in [0, 0.05) is 29.2 Å². The number of rotatable bonds is 7. The van der Waals surface area contributed by atoms with E-state index in [2.05, 4.69) is 0 Å². The molecule has 8 N–H and O–H groups in total. The number of aliphatic hydroxyl groups excluding tert-OH is 2. The van der Waals surface area contributed by atoms with Gasteiger partial charge >= 0.3 is 11.9 Å². The minimum absolute atomic E-state index is 0.0298. The van der Waals surface area contributed by atoms with E-state index in [0.29, 0.717) is 6.42 Å². The zero-order valence-corrected chi connectivity index (χ0v) is 28.4. The minimum atomic E-state index is -2.03. The Kier molecular flexibility index (Phi) is 8.84. The zero-order chi connectivity index (χ0) is 37.4. The predicted octanol–water partition coefficient (Wildman–Crippen LogP) is 3.44. The molecule has 0 saturated heterocycles. The van der Waals surface area contributed by atoms with Crippen molar-refractivity contribution in [3.63, 3.8) is 0 Å². The van der Waals surface area contributed by atoms with Gasteiger partial charge in [-0.15, -0.1) is 0 Å². The molecule has 4 aliphatic carbocycles. The summed E-state index contributed by atoms with van der Waals surface area (Å²) in [5, 5.41) is 85.6. The molecule has 2 fully saturated rings. The summed E-state index contributed by atoms with van der Waals surface area (Å²) >= 11 is 0. The summed E-state index contributed by atoms with van der Waals surface area (Å²) in [6.07, 6.45) is 4.62. The first-order valence-corrected chi connectivity index (χ1v) is 17.0. The molecule has 4 aliphatic rings. The molecule has 2 aromatic rings. The van der Waals surface area contributed by atoms with Crippen molar-refractivity contribution in [1.29, 1.82) is 0 Å². The van der Waals surface area contributed by atoms with E-state index in [-0.39, 0.29) is 49.2 Å². The van der Waals surface area contributed by atoms with Crippen LogP contribution in [0.15, 0.2) is 42.0 Å². The number of carboxylic acids is 1. The normalized spacial score (nSPS) is 32.4. The maximum atomic E-state index is 14.0. The number of hydrogen-bond acceptors (Lipinski definition) is 12. The van der Waals surface area contributed by atoms with Gasteiger partial charge in [-0.3, -0.25) is 19.2 Å². The summed E-state index contributed by atoms with van der Waals surface area (Å²) in [4.78, 5) is 54.2. The van der Waals surface area contributed by atoms with Crippen molar-refractivity contribution < 1.29 is 64.8 Å². The first-order valence-electron chi connectivity index (χ1n) is 17.0. The molecular formula is C38H42O13. The highest BCUT2D eigenvalue weighted by Gasteiger charge is 2.72. The van der Waals surface area contributed by atoms with Crippen molar-refractivity contribution in [3.05, 3.63) is 69.8 Å². The molecule has 0 radical (unpaired) electrons. The van der Waals surface area contributed by atoms with Crippen LogP contribution in [0.2, 0.25) is 0 Å². The summed E-state index contributed by atoms with van der Waals surface area (Å²) in [6.45, 7) is 4.45. The van der Waals surface area contributed by atoms with Gasteiger partial charge in [0.2, 0.25) is 5.78 Å². The van der Waals surface area contributed by atoms with Crippen molar-refractivity contribution >= 4 is 23.5 Å². The molecular weight excluding hydrogens is 664 g/mol. The smallest absolute Gasteiger partial charge is 0.316 e. The number of hydrogen-bond donors (Lipinski definition) is 8. The number of phenols is 4. The van der Waals surface area contributed by atoms with E-state index < -0.39 is 110 Å². The molecule has 2 aromatic carbocycles. The molecule has 8 unspecified atom stereocenters. The molecule has 8 atom stereocenters. The minimum Gasteiger partial charge on any atom is -0.508 e. The number of aliphatic carboxylic acids is 1. The van der Waals surface area contributed by atoms with Crippen LogP contribution in [-0.2, 0) is 14.3 Å². The quantitative estimate of drug-likeness (QED) is 0.165. The Morgan fingerprint density at radius 2 is 1.65 bits per heavy atom. The number of ketones is 2. The number of ether oxygens (including phenoxy) is 1. The van der Waals surface area contributed by atoms with E-state index in [1.165, 1.54) is 6.92 Å². The van der Waals surface area contributed by atoms with Crippen LogP contribution in [0.25, 0.3) is 0 Å². The average Bonchev–Trinajstić information content (AvgIpc) is 3.06. The molecule has 2 saturated carbocycles. The number of carbonyl (C=O) groups excluding carboxylic acids is 3. The number of esters is 1.